The molecule has 6 heteroatoms. The highest BCUT2D eigenvalue weighted by atomic mass is 79.9. The second-order valence-corrected chi connectivity index (χ2v) is 5.19. The van der Waals surface area contributed by atoms with Gasteiger partial charge >= 0.3 is 5.97 Å². The highest BCUT2D eigenvalue weighted by molar-refractivity contribution is 9.10. The molecule has 1 unspecified atom stereocenters. The molecule has 0 aliphatic carbocycles. The van der Waals surface area contributed by atoms with Crippen LogP contribution >= 0.6 is 15.9 Å². The number of hydrogen-bond acceptors (Lipinski definition) is 4. The molecule has 2 N–H and O–H groups in total. The number of amides is 1. The first-order valence-corrected chi connectivity index (χ1v) is 5.91. The van der Waals surface area contributed by atoms with E-state index in [-0.39, 0.29) is 11.9 Å². The maximum atomic E-state index is 11.4. The summed E-state index contributed by atoms with van der Waals surface area (Å²) in [6.07, 6.45) is 0. The monoisotopic (exact) mass is 294 g/mol. The first kappa shape index (κ1) is 15.4. The molecule has 0 spiro atoms. The van der Waals surface area contributed by atoms with Crippen molar-refractivity contribution in [2.24, 2.45) is 5.41 Å². The number of nitrogens with one attached hydrogen (secondary N) is 2. The fraction of sp³-hybridized carbons (Fsp3) is 0.800. The summed E-state index contributed by atoms with van der Waals surface area (Å²) in [4.78, 5) is 22.1. The zero-order valence-electron chi connectivity index (χ0n) is 10.1. The van der Waals surface area contributed by atoms with E-state index in [1.165, 1.54) is 7.11 Å². The van der Waals surface area contributed by atoms with Crippen LogP contribution in [0.2, 0.25) is 0 Å². The lowest BCUT2D eigenvalue weighted by Gasteiger charge is -2.23. The Morgan fingerprint density at radius 1 is 1.44 bits per heavy atom. The fourth-order valence-corrected chi connectivity index (χ4v) is 1.56. The Bertz CT molecular complexity index is 256. The van der Waals surface area contributed by atoms with Crippen LogP contribution in [0.25, 0.3) is 0 Å². The summed E-state index contributed by atoms with van der Waals surface area (Å²) < 4.78 is 4.56. The van der Waals surface area contributed by atoms with Crippen molar-refractivity contribution in [2.75, 3.05) is 27.2 Å². The summed E-state index contributed by atoms with van der Waals surface area (Å²) >= 11 is 3.19. The number of esters is 1. The molecular formula is C10H19BrN2O3. The van der Waals surface area contributed by atoms with E-state index in [1.807, 2.05) is 13.8 Å². The van der Waals surface area contributed by atoms with E-state index in [1.54, 1.807) is 7.05 Å². The third kappa shape index (κ3) is 4.94. The van der Waals surface area contributed by atoms with E-state index in [0.717, 1.165) is 0 Å². The van der Waals surface area contributed by atoms with Crippen molar-refractivity contribution in [3.63, 3.8) is 0 Å². The van der Waals surface area contributed by atoms with Gasteiger partial charge in [-0.05, 0) is 13.8 Å². The van der Waals surface area contributed by atoms with Crippen molar-refractivity contribution in [2.45, 2.75) is 18.7 Å². The van der Waals surface area contributed by atoms with Gasteiger partial charge in [0.05, 0.1) is 12.5 Å². The number of carbonyl (C=O) groups is 2. The molecule has 5 nitrogen and oxygen atoms in total. The van der Waals surface area contributed by atoms with Crippen LogP contribution in [-0.4, -0.2) is 44.0 Å². The molecule has 0 heterocycles. The molecule has 0 aromatic heterocycles. The summed E-state index contributed by atoms with van der Waals surface area (Å²) in [5.74, 6) is -0.366. The third-order valence-corrected chi connectivity index (χ3v) is 2.89. The average molecular weight is 295 g/mol. The Labute approximate surface area is 104 Å². The molecule has 0 saturated heterocycles. The summed E-state index contributed by atoms with van der Waals surface area (Å²) in [6.45, 7) is 4.58. The smallest absolute Gasteiger partial charge is 0.320 e. The molecule has 0 saturated carbocycles. The number of hydrogen-bond donors (Lipinski definition) is 2. The van der Waals surface area contributed by atoms with Gasteiger partial charge in [0.2, 0.25) is 5.91 Å². The second-order valence-electron chi connectivity index (χ2n) is 4.08. The van der Waals surface area contributed by atoms with Gasteiger partial charge in [0.15, 0.2) is 0 Å². The van der Waals surface area contributed by atoms with E-state index in [9.17, 15) is 9.59 Å². The van der Waals surface area contributed by atoms with E-state index in [0.29, 0.717) is 13.1 Å². The first-order valence-electron chi connectivity index (χ1n) is 5.00. The average Bonchev–Trinajstić information content (AvgIpc) is 2.26. The van der Waals surface area contributed by atoms with Crippen molar-refractivity contribution < 1.29 is 14.3 Å². The Balaban J connectivity index is 3.98. The van der Waals surface area contributed by atoms with Crippen LogP contribution in [0.5, 0.6) is 0 Å². The van der Waals surface area contributed by atoms with Crippen LogP contribution in [-0.2, 0) is 14.3 Å². The van der Waals surface area contributed by atoms with Gasteiger partial charge < -0.3 is 15.4 Å². The summed E-state index contributed by atoms with van der Waals surface area (Å²) in [6, 6.07) is 0. The molecule has 0 aromatic carbocycles. The zero-order chi connectivity index (χ0) is 12.8. The lowest BCUT2D eigenvalue weighted by atomic mass is 9.92. The lowest BCUT2D eigenvalue weighted by molar-refractivity contribution is -0.139. The molecule has 0 aliphatic rings. The minimum Gasteiger partial charge on any atom is -0.468 e. The molecule has 0 aliphatic heterocycles. The Morgan fingerprint density at radius 3 is 2.44 bits per heavy atom. The van der Waals surface area contributed by atoms with Crippen LogP contribution in [0.4, 0.5) is 0 Å². The first-order chi connectivity index (χ1) is 7.35. The predicted octanol–water partition coefficient (Wildman–Crippen LogP) is 0.285. The van der Waals surface area contributed by atoms with Crippen LogP contribution in [0.1, 0.15) is 13.8 Å². The van der Waals surface area contributed by atoms with Gasteiger partial charge in [-0.1, -0.05) is 15.9 Å². The Kier molecular flexibility index (Phi) is 6.59. The molecule has 1 amide bonds. The van der Waals surface area contributed by atoms with Crippen LogP contribution in [0.3, 0.4) is 0 Å². The molecule has 0 radical (unpaired) electrons. The number of alkyl halides is 1. The van der Waals surface area contributed by atoms with Gasteiger partial charge in [0, 0.05) is 20.1 Å². The quantitative estimate of drug-likeness (QED) is 0.546. The topological polar surface area (TPSA) is 67.4 Å². The zero-order valence-corrected chi connectivity index (χ0v) is 11.7. The highest BCUT2D eigenvalue weighted by Gasteiger charge is 2.26. The Hall–Kier alpha value is -0.620. The third-order valence-electron chi connectivity index (χ3n) is 2.19. The number of ether oxygens (including phenoxy) is 1. The van der Waals surface area contributed by atoms with Crippen LogP contribution < -0.4 is 10.6 Å². The molecular weight excluding hydrogens is 276 g/mol. The van der Waals surface area contributed by atoms with Crippen LogP contribution in [0, 0.1) is 5.41 Å². The van der Waals surface area contributed by atoms with E-state index in [2.05, 4.69) is 31.3 Å². The molecule has 0 bridgehead atoms. The standard InChI is InChI=1S/C10H19BrN2O3/c1-10(2,9(15)12-3)6-13-5-7(11)8(14)16-4/h7,13H,5-6H2,1-4H3,(H,12,15). The summed E-state index contributed by atoms with van der Waals surface area (Å²) in [5.41, 5.74) is -0.502. The van der Waals surface area contributed by atoms with Crippen molar-refractivity contribution in [3.8, 4) is 0 Å². The molecule has 1 atom stereocenters. The van der Waals surface area contributed by atoms with Crippen molar-refractivity contribution in [1.29, 1.82) is 0 Å². The van der Waals surface area contributed by atoms with Crippen LogP contribution in [0.15, 0.2) is 0 Å². The van der Waals surface area contributed by atoms with Gasteiger partial charge in [0.1, 0.15) is 4.83 Å². The number of rotatable bonds is 6. The molecule has 0 rings (SSSR count). The van der Waals surface area contributed by atoms with E-state index >= 15 is 0 Å². The maximum absolute atomic E-state index is 11.4. The Morgan fingerprint density at radius 2 is 2.00 bits per heavy atom. The van der Waals surface area contributed by atoms with E-state index in [4.69, 9.17) is 0 Å². The largest absolute Gasteiger partial charge is 0.468 e. The van der Waals surface area contributed by atoms with Gasteiger partial charge in [-0.15, -0.1) is 0 Å². The van der Waals surface area contributed by atoms with Crippen molar-refractivity contribution >= 4 is 27.8 Å². The molecule has 94 valence electrons. The molecule has 0 aromatic rings. The summed E-state index contributed by atoms with van der Waals surface area (Å²) in [7, 11) is 2.94. The predicted molar refractivity (Wildman–Crippen MR) is 65.4 cm³/mol. The number of methoxy groups -OCH3 is 1. The van der Waals surface area contributed by atoms with Crippen molar-refractivity contribution in [3.05, 3.63) is 0 Å². The van der Waals surface area contributed by atoms with Gasteiger partial charge in [-0.3, -0.25) is 9.59 Å². The lowest BCUT2D eigenvalue weighted by Crippen LogP contribution is -2.44. The maximum Gasteiger partial charge on any atom is 0.320 e. The van der Waals surface area contributed by atoms with Crippen molar-refractivity contribution in [1.82, 2.24) is 10.6 Å². The minimum absolute atomic E-state index is 0.0378. The van der Waals surface area contributed by atoms with E-state index < -0.39 is 10.2 Å². The second kappa shape index (κ2) is 6.85. The van der Waals surface area contributed by atoms with Gasteiger partial charge in [-0.25, -0.2) is 0 Å². The SMILES string of the molecule is CNC(=O)C(C)(C)CNCC(Br)C(=O)OC. The normalized spacial score (nSPS) is 13.1. The molecule has 0 fully saturated rings. The number of halogens is 1. The number of carbonyl (C=O) groups excluding carboxylic acids is 2. The highest BCUT2D eigenvalue weighted by Crippen LogP contribution is 2.13. The minimum atomic E-state index is -0.502. The summed E-state index contributed by atoms with van der Waals surface area (Å²) in [5, 5.41) is 5.64. The van der Waals surface area contributed by atoms with Gasteiger partial charge in [0.25, 0.3) is 0 Å². The molecule has 16 heavy (non-hydrogen) atoms. The fourth-order valence-electron chi connectivity index (χ4n) is 1.14. The van der Waals surface area contributed by atoms with Gasteiger partial charge in [-0.2, -0.15) is 0 Å².